The average Bonchev–Trinajstić information content (AvgIpc) is 3.11. The molecular formula is C20H21N3O. The van der Waals surface area contributed by atoms with Crippen LogP contribution in [0.5, 0.6) is 0 Å². The molecule has 1 aromatic heterocycles. The first-order valence-corrected chi connectivity index (χ1v) is 8.58. The van der Waals surface area contributed by atoms with Gasteiger partial charge in [-0.25, -0.2) is 0 Å². The van der Waals surface area contributed by atoms with Gasteiger partial charge in [0.05, 0.1) is 5.69 Å². The van der Waals surface area contributed by atoms with Crippen molar-refractivity contribution in [2.24, 2.45) is 0 Å². The summed E-state index contributed by atoms with van der Waals surface area (Å²) in [5.74, 6) is 0.0567. The van der Waals surface area contributed by atoms with Crippen LogP contribution in [0.1, 0.15) is 36.7 Å². The second kappa shape index (κ2) is 6.11. The molecule has 24 heavy (non-hydrogen) atoms. The van der Waals surface area contributed by atoms with Crippen LogP contribution in [-0.4, -0.2) is 33.6 Å². The number of likely N-dealkylation sites (tertiary alicyclic amines) is 1. The maximum Gasteiger partial charge on any atom is 0.272 e. The van der Waals surface area contributed by atoms with Crippen molar-refractivity contribution >= 4 is 16.7 Å². The number of piperidine rings is 1. The molecule has 1 saturated heterocycles. The Hall–Kier alpha value is -2.62. The quantitative estimate of drug-likeness (QED) is 0.768. The minimum Gasteiger partial charge on any atom is -0.335 e. The summed E-state index contributed by atoms with van der Waals surface area (Å²) in [6, 6.07) is 16.6. The van der Waals surface area contributed by atoms with Crippen LogP contribution in [0, 0.1) is 0 Å². The molecule has 4 nitrogen and oxygen atoms in total. The third-order valence-corrected chi connectivity index (χ3v) is 4.94. The molecule has 1 fully saturated rings. The van der Waals surface area contributed by atoms with Gasteiger partial charge in [0.1, 0.15) is 5.69 Å². The Bertz CT molecular complexity index is 878. The molecule has 4 rings (SSSR count). The summed E-state index contributed by atoms with van der Waals surface area (Å²) in [6.07, 6.45) is 3.37. The van der Waals surface area contributed by atoms with E-state index in [2.05, 4.69) is 41.4 Å². The number of carbonyl (C=O) groups excluding carboxylic acids is 1. The molecular weight excluding hydrogens is 298 g/mol. The van der Waals surface area contributed by atoms with Crippen molar-refractivity contribution in [2.45, 2.75) is 32.2 Å². The first-order chi connectivity index (χ1) is 11.7. The lowest BCUT2D eigenvalue weighted by Gasteiger charge is -2.32. The van der Waals surface area contributed by atoms with Crippen molar-refractivity contribution in [2.75, 3.05) is 6.54 Å². The van der Waals surface area contributed by atoms with Crippen LogP contribution in [0.3, 0.4) is 0 Å². The summed E-state index contributed by atoms with van der Waals surface area (Å²) in [4.78, 5) is 14.7. The van der Waals surface area contributed by atoms with Gasteiger partial charge in [-0.05, 0) is 43.0 Å². The molecule has 1 aliphatic heterocycles. The number of amides is 1. The molecule has 2 heterocycles. The summed E-state index contributed by atoms with van der Waals surface area (Å²) in [7, 11) is 0. The number of aromatic nitrogens is 2. The van der Waals surface area contributed by atoms with Crippen molar-refractivity contribution in [1.82, 2.24) is 15.1 Å². The molecule has 4 heteroatoms. The molecule has 0 bridgehead atoms. The smallest absolute Gasteiger partial charge is 0.272 e. The highest BCUT2D eigenvalue weighted by Crippen LogP contribution is 2.28. The third kappa shape index (κ3) is 2.58. The normalized spacial score (nSPS) is 18.0. The molecule has 1 aliphatic rings. The van der Waals surface area contributed by atoms with Crippen molar-refractivity contribution in [3.05, 3.63) is 54.2 Å². The van der Waals surface area contributed by atoms with E-state index in [-0.39, 0.29) is 5.91 Å². The van der Waals surface area contributed by atoms with Crippen LogP contribution in [0.25, 0.3) is 22.0 Å². The highest BCUT2D eigenvalue weighted by molar-refractivity contribution is 5.98. The van der Waals surface area contributed by atoms with E-state index in [0.29, 0.717) is 11.7 Å². The molecule has 1 N–H and O–H groups in total. The van der Waals surface area contributed by atoms with Crippen LogP contribution < -0.4 is 0 Å². The third-order valence-electron chi connectivity index (χ3n) is 4.94. The zero-order valence-corrected chi connectivity index (χ0v) is 13.8. The molecule has 0 radical (unpaired) electrons. The van der Waals surface area contributed by atoms with Gasteiger partial charge in [0, 0.05) is 18.2 Å². The lowest BCUT2D eigenvalue weighted by Crippen LogP contribution is -2.42. The summed E-state index contributed by atoms with van der Waals surface area (Å²) in [5, 5.41) is 9.68. The van der Waals surface area contributed by atoms with Gasteiger partial charge in [-0.2, -0.15) is 5.10 Å². The number of H-pyrrole nitrogens is 1. The SMILES string of the molecule is CC1CCCCN1C(=O)c1cc(-c2cccc3ccccc23)n[nH]1. The van der Waals surface area contributed by atoms with E-state index in [9.17, 15) is 4.79 Å². The van der Waals surface area contributed by atoms with Crippen LogP contribution in [0.4, 0.5) is 0 Å². The molecule has 1 unspecified atom stereocenters. The van der Waals surface area contributed by atoms with E-state index >= 15 is 0 Å². The molecule has 0 aliphatic carbocycles. The Balaban J connectivity index is 1.68. The molecule has 1 amide bonds. The van der Waals surface area contributed by atoms with E-state index in [4.69, 9.17) is 0 Å². The average molecular weight is 319 g/mol. The van der Waals surface area contributed by atoms with Gasteiger partial charge in [-0.3, -0.25) is 9.89 Å². The van der Waals surface area contributed by atoms with Crippen LogP contribution in [0.15, 0.2) is 48.5 Å². The van der Waals surface area contributed by atoms with E-state index in [1.807, 2.05) is 29.2 Å². The van der Waals surface area contributed by atoms with Crippen molar-refractivity contribution in [1.29, 1.82) is 0 Å². The Kier molecular flexibility index (Phi) is 3.81. The number of fused-ring (bicyclic) bond motifs is 1. The van der Waals surface area contributed by atoms with Gasteiger partial charge >= 0.3 is 0 Å². The fourth-order valence-corrected chi connectivity index (χ4v) is 3.57. The Morgan fingerprint density at radius 2 is 2.00 bits per heavy atom. The number of benzene rings is 2. The van der Waals surface area contributed by atoms with E-state index < -0.39 is 0 Å². The topological polar surface area (TPSA) is 49.0 Å². The lowest BCUT2D eigenvalue weighted by molar-refractivity contribution is 0.0629. The lowest BCUT2D eigenvalue weighted by atomic mass is 10.0. The Labute approximate surface area is 141 Å². The molecule has 0 spiro atoms. The zero-order chi connectivity index (χ0) is 16.5. The van der Waals surface area contributed by atoms with Gasteiger partial charge in [0.2, 0.25) is 0 Å². The predicted octanol–water partition coefficient (Wildman–Crippen LogP) is 4.24. The van der Waals surface area contributed by atoms with E-state index in [0.717, 1.165) is 36.0 Å². The molecule has 1 atom stereocenters. The number of nitrogens with one attached hydrogen (secondary N) is 1. The predicted molar refractivity (Wildman–Crippen MR) is 95.9 cm³/mol. The first-order valence-electron chi connectivity index (χ1n) is 8.58. The number of nitrogens with zero attached hydrogens (tertiary/aromatic N) is 2. The highest BCUT2D eigenvalue weighted by atomic mass is 16.2. The van der Waals surface area contributed by atoms with Gasteiger partial charge in [0.25, 0.3) is 5.91 Å². The summed E-state index contributed by atoms with van der Waals surface area (Å²) < 4.78 is 0. The summed E-state index contributed by atoms with van der Waals surface area (Å²) in [6.45, 7) is 2.96. The van der Waals surface area contributed by atoms with Gasteiger partial charge in [-0.1, -0.05) is 42.5 Å². The van der Waals surface area contributed by atoms with Gasteiger partial charge in [-0.15, -0.1) is 0 Å². The maximum atomic E-state index is 12.8. The van der Waals surface area contributed by atoms with Crippen LogP contribution in [0.2, 0.25) is 0 Å². The standard InChI is InChI=1S/C20H21N3O/c1-14-7-4-5-12-23(14)20(24)19-13-18(21-22-19)17-11-6-9-15-8-2-3-10-16(15)17/h2-3,6,8-11,13-14H,4-5,7,12H2,1H3,(H,21,22). The second-order valence-electron chi connectivity index (χ2n) is 6.54. The maximum absolute atomic E-state index is 12.8. The first kappa shape index (κ1) is 14.9. The Morgan fingerprint density at radius 1 is 1.17 bits per heavy atom. The molecule has 122 valence electrons. The van der Waals surface area contributed by atoms with E-state index in [1.54, 1.807) is 0 Å². The fourth-order valence-electron chi connectivity index (χ4n) is 3.57. The van der Waals surface area contributed by atoms with Crippen LogP contribution >= 0.6 is 0 Å². The highest BCUT2D eigenvalue weighted by Gasteiger charge is 2.25. The van der Waals surface area contributed by atoms with Crippen molar-refractivity contribution < 1.29 is 4.79 Å². The van der Waals surface area contributed by atoms with Crippen LogP contribution in [-0.2, 0) is 0 Å². The van der Waals surface area contributed by atoms with Gasteiger partial charge in [0.15, 0.2) is 0 Å². The Morgan fingerprint density at radius 3 is 2.88 bits per heavy atom. The number of aromatic amines is 1. The molecule has 2 aromatic carbocycles. The second-order valence-corrected chi connectivity index (χ2v) is 6.54. The fraction of sp³-hybridized carbons (Fsp3) is 0.300. The van der Waals surface area contributed by atoms with Crippen molar-refractivity contribution in [3.8, 4) is 11.3 Å². The summed E-state index contributed by atoms with van der Waals surface area (Å²) >= 11 is 0. The minimum absolute atomic E-state index is 0.0567. The van der Waals surface area contributed by atoms with E-state index in [1.165, 1.54) is 11.8 Å². The zero-order valence-electron chi connectivity index (χ0n) is 13.8. The monoisotopic (exact) mass is 319 g/mol. The largest absolute Gasteiger partial charge is 0.335 e. The molecule has 0 saturated carbocycles. The summed E-state index contributed by atoms with van der Waals surface area (Å²) in [5.41, 5.74) is 2.45. The number of hydrogen-bond acceptors (Lipinski definition) is 2. The van der Waals surface area contributed by atoms with Gasteiger partial charge < -0.3 is 4.90 Å². The van der Waals surface area contributed by atoms with Crippen molar-refractivity contribution in [3.63, 3.8) is 0 Å². The number of carbonyl (C=O) groups is 1. The number of rotatable bonds is 2. The molecule has 3 aromatic rings. The minimum atomic E-state index is 0.0567. The number of hydrogen-bond donors (Lipinski definition) is 1.